The fourth-order valence-electron chi connectivity index (χ4n) is 4.50. The van der Waals surface area contributed by atoms with E-state index in [0.29, 0.717) is 0 Å². The third kappa shape index (κ3) is 2.52. The molecule has 27 heavy (non-hydrogen) atoms. The number of nitrogens with one attached hydrogen (secondary N) is 1. The first kappa shape index (κ1) is 16.3. The van der Waals surface area contributed by atoms with Gasteiger partial charge in [-0.15, -0.1) is 0 Å². The molecule has 1 N–H and O–H groups in total. The highest BCUT2D eigenvalue weighted by atomic mass is 15.2. The number of aryl methyl sites for hydroxylation is 1. The Morgan fingerprint density at radius 1 is 1.04 bits per heavy atom. The van der Waals surface area contributed by atoms with Crippen molar-refractivity contribution in [3.05, 3.63) is 72.2 Å². The van der Waals surface area contributed by atoms with Gasteiger partial charge in [0.2, 0.25) is 0 Å². The third-order valence-corrected chi connectivity index (χ3v) is 5.67. The molecule has 0 bridgehead atoms. The normalized spacial score (nSPS) is 15.8. The molecule has 0 fully saturated rings. The Balaban J connectivity index is 1.77. The van der Waals surface area contributed by atoms with Gasteiger partial charge in [-0.1, -0.05) is 30.3 Å². The first-order chi connectivity index (χ1) is 13.0. The SMILES string of the molecule is Cn1cc(-c2cccc(-n3c4c(c5ccccc53)C(C)(C)NCC4)c2)cn1. The van der Waals surface area contributed by atoms with E-state index in [2.05, 4.69) is 83.6 Å². The van der Waals surface area contributed by atoms with E-state index >= 15 is 0 Å². The lowest BCUT2D eigenvalue weighted by Crippen LogP contribution is -2.42. The van der Waals surface area contributed by atoms with E-state index in [9.17, 15) is 0 Å². The highest BCUT2D eigenvalue weighted by Crippen LogP contribution is 2.39. The van der Waals surface area contributed by atoms with Gasteiger partial charge in [0.15, 0.2) is 0 Å². The molecule has 0 amide bonds. The molecule has 0 aliphatic carbocycles. The maximum absolute atomic E-state index is 4.33. The van der Waals surface area contributed by atoms with E-state index in [1.165, 1.54) is 33.4 Å². The maximum Gasteiger partial charge on any atom is 0.0568 e. The standard InChI is InChI=1S/C23H24N4/c1-23(2)22-19-9-4-5-10-20(19)27(21(22)11-12-24-23)18-8-6-7-16(13-18)17-14-25-26(3)15-17/h4-10,13-15,24H,11-12H2,1-3H3. The molecule has 0 radical (unpaired) electrons. The monoisotopic (exact) mass is 356 g/mol. The largest absolute Gasteiger partial charge is 0.313 e. The highest BCUT2D eigenvalue weighted by molar-refractivity contribution is 5.89. The molecule has 2 aromatic heterocycles. The Kier molecular flexibility index (Phi) is 3.52. The molecule has 3 heterocycles. The zero-order valence-electron chi connectivity index (χ0n) is 16.0. The van der Waals surface area contributed by atoms with E-state index in [4.69, 9.17) is 0 Å². The second-order valence-corrected chi connectivity index (χ2v) is 7.93. The Labute approximate surface area is 159 Å². The Morgan fingerprint density at radius 2 is 1.89 bits per heavy atom. The van der Waals surface area contributed by atoms with Crippen LogP contribution in [0.3, 0.4) is 0 Å². The number of fused-ring (bicyclic) bond motifs is 3. The van der Waals surface area contributed by atoms with Crippen molar-refractivity contribution in [1.29, 1.82) is 0 Å². The first-order valence-electron chi connectivity index (χ1n) is 9.52. The van der Waals surface area contributed by atoms with Crippen molar-refractivity contribution in [3.63, 3.8) is 0 Å². The van der Waals surface area contributed by atoms with Crippen molar-refractivity contribution < 1.29 is 0 Å². The second-order valence-electron chi connectivity index (χ2n) is 7.93. The van der Waals surface area contributed by atoms with Crippen LogP contribution in [0.1, 0.15) is 25.1 Å². The average Bonchev–Trinajstić information content (AvgIpc) is 3.23. The summed E-state index contributed by atoms with van der Waals surface area (Å²) in [4.78, 5) is 0. The molecule has 2 aromatic carbocycles. The molecule has 1 aliphatic rings. The Morgan fingerprint density at radius 3 is 2.70 bits per heavy atom. The fraction of sp³-hybridized carbons (Fsp3) is 0.261. The summed E-state index contributed by atoms with van der Waals surface area (Å²) >= 11 is 0. The summed E-state index contributed by atoms with van der Waals surface area (Å²) in [6, 6.07) is 17.6. The van der Waals surface area contributed by atoms with Crippen molar-refractivity contribution in [1.82, 2.24) is 19.7 Å². The van der Waals surface area contributed by atoms with Crippen molar-refractivity contribution in [3.8, 4) is 16.8 Å². The quantitative estimate of drug-likeness (QED) is 0.577. The summed E-state index contributed by atoms with van der Waals surface area (Å²) in [7, 11) is 1.96. The van der Waals surface area contributed by atoms with Crippen LogP contribution in [0.2, 0.25) is 0 Å². The van der Waals surface area contributed by atoms with Crippen molar-refractivity contribution in [2.75, 3.05) is 6.54 Å². The molecule has 0 spiro atoms. The molecule has 4 nitrogen and oxygen atoms in total. The minimum absolute atomic E-state index is 0.0284. The summed E-state index contributed by atoms with van der Waals surface area (Å²) in [6.07, 6.45) is 5.02. The molecule has 4 aromatic rings. The van der Waals surface area contributed by atoms with Crippen LogP contribution in [0.4, 0.5) is 0 Å². The van der Waals surface area contributed by atoms with Crippen LogP contribution in [0.25, 0.3) is 27.7 Å². The molecule has 5 rings (SSSR count). The van der Waals surface area contributed by atoms with Crippen molar-refractivity contribution >= 4 is 10.9 Å². The number of hydrogen-bond acceptors (Lipinski definition) is 2. The highest BCUT2D eigenvalue weighted by Gasteiger charge is 2.32. The lowest BCUT2D eigenvalue weighted by atomic mass is 9.87. The number of benzene rings is 2. The molecular weight excluding hydrogens is 332 g/mol. The minimum Gasteiger partial charge on any atom is -0.313 e. The van der Waals surface area contributed by atoms with Crippen molar-refractivity contribution in [2.24, 2.45) is 7.05 Å². The minimum atomic E-state index is -0.0284. The number of hydrogen-bond donors (Lipinski definition) is 1. The van der Waals surface area contributed by atoms with E-state index in [1.54, 1.807) is 0 Å². The topological polar surface area (TPSA) is 34.8 Å². The van der Waals surface area contributed by atoms with E-state index in [0.717, 1.165) is 18.5 Å². The first-order valence-corrected chi connectivity index (χ1v) is 9.52. The van der Waals surface area contributed by atoms with Gasteiger partial charge in [0, 0.05) is 59.6 Å². The third-order valence-electron chi connectivity index (χ3n) is 5.67. The lowest BCUT2D eigenvalue weighted by Gasteiger charge is -2.33. The number of rotatable bonds is 2. The molecule has 0 unspecified atom stereocenters. The second kappa shape index (κ2) is 5.83. The van der Waals surface area contributed by atoms with Crippen LogP contribution >= 0.6 is 0 Å². The zero-order chi connectivity index (χ0) is 18.6. The summed E-state index contributed by atoms with van der Waals surface area (Å²) in [5.74, 6) is 0. The van der Waals surface area contributed by atoms with Gasteiger partial charge in [-0.05, 0) is 37.6 Å². The number of nitrogens with zero attached hydrogens (tertiary/aromatic N) is 3. The van der Waals surface area contributed by atoms with Crippen LogP contribution in [0.15, 0.2) is 60.9 Å². The number of aromatic nitrogens is 3. The molecule has 4 heteroatoms. The molecule has 0 saturated carbocycles. The summed E-state index contributed by atoms with van der Waals surface area (Å²) in [5, 5.41) is 9.36. The van der Waals surface area contributed by atoms with Crippen LogP contribution in [0.5, 0.6) is 0 Å². The zero-order valence-corrected chi connectivity index (χ0v) is 16.0. The summed E-state index contributed by atoms with van der Waals surface area (Å²) in [6.45, 7) is 5.57. The van der Waals surface area contributed by atoms with Gasteiger partial charge in [0.25, 0.3) is 0 Å². The van der Waals surface area contributed by atoms with Gasteiger partial charge >= 0.3 is 0 Å². The van der Waals surface area contributed by atoms with Crippen LogP contribution < -0.4 is 5.32 Å². The molecule has 1 aliphatic heterocycles. The van der Waals surface area contributed by atoms with Crippen molar-refractivity contribution in [2.45, 2.75) is 25.8 Å². The molecule has 0 saturated heterocycles. The molecular formula is C23H24N4. The van der Waals surface area contributed by atoms with Gasteiger partial charge in [-0.3, -0.25) is 4.68 Å². The van der Waals surface area contributed by atoms with E-state index in [1.807, 2.05) is 17.9 Å². The van der Waals surface area contributed by atoms with Gasteiger partial charge < -0.3 is 9.88 Å². The van der Waals surface area contributed by atoms with Crippen LogP contribution in [0, 0.1) is 0 Å². The predicted molar refractivity (Wildman–Crippen MR) is 110 cm³/mol. The summed E-state index contributed by atoms with van der Waals surface area (Å²) < 4.78 is 4.30. The smallest absolute Gasteiger partial charge is 0.0568 e. The maximum atomic E-state index is 4.33. The lowest BCUT2D eigenvalue weighted by molar-refractivity contribution is 0.382. The van der Waals surface area contributed by atoms with E-state index in [-0.39, 0.29) is 5.54 Å². The fourth-order valence-corrected chi connectivity index (χ4v) is 4.50. The Bertz CT molecular complexity index is 1150. The predicted octanol–water partition coefficient (Wildman–Crippen LogP) is 4.41. The van der Waals surface area contributed by atoms with E-state index < -0.39 is 0 Å². The average molecular weight is 356 g/mol. The molecule has 0 atom stereocenters. The summed E-state index contributed by atoms with van der Waals surface area (Å²) in [5.41, 5.74) is 7.65. The van der Waals surface area contributed by atoms with Gasteiger partial charge in [-0.25, -0.2) is 0 Å². The Hall–Kier alpha value is -2.85. The van der Waals surface area contributed by atoms with Gasteiger partial charge in [0.1, 0.15) is 0 Å². The van der Waals surface area contributed by atoms with Gasteiger partial charge in [-0.2, -0.15) is 5.10 Å². The van der Waals surface area contributed by atoms with Crippen LogP contribution in [-0.4, -0.2) is 20.9 Å². The van der Waals surface area contributed by atoms with Gasteiger partial charge in [0.05, 0.1) is 11.7 Å². The van der Waals surface area contributed by atoms with Crippen LogP contribution in [-0.2, 0) is 19.0 Å². The molecule has 136 valence electrons. The number of para-hydroxylation sites is 1.